The summed E-state index contributed by atoms with van der Waals surface area (Å²) in [5.41, 5.74) is 1.60. The number of nitrogens with zero attached hydrogens (tertiary/aromatic N) is 4. The Balaban J connectivity index is 1.46. The predicted molar refractivity (Wildman–Crippen MR) is 110 cm³/mol. The molecule has 1 atom stereocenters. The SMILES string of the molecule is CNc1cc(Nc2cccnc2O[C@@H]2CCOC2)nc2c(C(=O)NC3CC3)cnn12. The van der Waals surface area contributed by atoms with Gasteiger partial charge in [-0.05, 0) is 25.0 Å². The zero-order chi connectivity index (χ0) is 20.5. The molecule has 0 bridgehead atoms. The van der Waals surface area contributed by atoms with Crippen LogP contribution in [0.3, 0.4) is 0 Å². The molecule has 3 N–H and O–H groups in total. The van der Waals surface area contributed by atoms with Gasteiger partial charge < -0.3 is 25.4 Å². The van der Waals surface area contributed by atoms with Crippen molar-refractivity contribution >= 4 is 28.9 Å². The van der Waals surface area contributed by atoms with Crippen LogP contribution in [0.2, 0.25) is 0 Å². The second kappa shape index (κ2) is 7.79. The minimum absolute atomic E-state index is 0.0173. The molecule has 156 valence electrons. The van der Waals surface area contributed by atoms with Crippen molar-refractivity contribution in [2.45, 2.75) is 31.4 Å². The summed E-state index contributed by atoms with van der Waals surface area (Å²) in [6, 6.07) is 5.77. The Morgan fingerprint density at radius 3 is 3.00 bits per heavy atom. The van der Waals surface area contributed by atoms with E-state index >= 15 is 0 Å². The molecule has 3 aromatic heterocycles. The van der Waals surface area contributed by atoms with Crippen molar-refractivity contribution in [3.05, 3.63) is 36.2 Å². The predicted octanol–water partition coefficient (Wildman–Crippen LogP) is 1.97. The highest BCUT2D eigenvalue weighted by molar-refractivity contribution is 6.00. The molecule has 30 heavy (non-hydrogen) atoms. The van der Waals surface area contributed by atoms with Crippen LogP contribution in [-0.2, 0) is 4.74 Å². The lowest BCUT2D eigenvalue weighted by molar-refractivity contribution is 0.0952. The third-order valence-electron chi connectivity index (χ3n) is 5.09. The zero-order valence-electron chi connectivity index (χ0n) is 16.6. The molecular formula is C20H23N7O3. The molecule has 0 unspecified atom stereocenters. The van der Waals surface area contributed by atoms with E-state index in [9.17, 15) is 4.79 Å². The molecule has 0 radical (unpaired) electrons. The third-order valence-corrected chi connectivity index (χ3v) is 5.09. The van der Waals surface area contributed by atoms with E-state index in [4.69, 9.17) is 9.47 Å². The highest BCUT2D eigenvalue weighted by Crippen LogP contribution is 2.28. The molecular weight excluding hydrogens is 386 g/mol. The van der Waals surface area contributed by atoms with Gasteiger partial charge in [-0.2, -0.15) is 9.61 Å². The highest BCUT2D eigenvalue weighted by Gasteiger charge is 2.26. The van der Waals surface area contributed by atoms with Crippen LogP contribution in [0.1, 0.15) is 29.6 Å². The number of fused-ring (bicyclic) bond motifs is 1. The van der Waals surface area contributed by atoms with E-state index in [0.717, 1.165) is 19.3 Å². The van der Waals surface area contributed by atoms with Gasteiger partial charge in [-0.15, -0.1) is 0 Å². The number of anilines is 3. The van der Waals surface area contributed by atoms with Crippen LogP contribution >= 0.6 is 0 Å². The molecule has 0 aromatic carbocycles. The van der Waals surface area contributed by atoms with Crippen LogP contribution in [0.5, 0.6) is 5.88 Å². The smallest absolute Gasteiger partial charge is 0.256 e. The summed E-state index contributed by atoms with van der Waals surface area (Å²) in [5, 5.41) is 13.7. The molecule has 1 saturated carbocycles. The summed E-state index contributed by atoms with van der Waals surface area (Å²) in [6.45, 7) is 1.25. The average Bonchev–Trinajstić information content (AvgIpc) is 3.24. The van der Waals surface area contributed by atoms with E-state index in [2.05, 4.69) is 31.0 Å². The fraction of sp³-hybridized carbons (Fsp3) is 0.400. The van der Waals surface area contributed by atoms with Crippen LogP contribution in [0.15, 0.2) is 30.6 Å². The molecule has 3 aromatic rings. The topological polar surface area (TPSA) is 115 Å². The van der Waals surface area contributed by atoms with Crippen molar-refractivity contribution in [2.75, 3.05) is 30.9 Å². The lowest BCUT2D eigenvalue weighted by Crippen LogP contribution is -2.25. The monoisotopic (exact) mass is 409 g/mol. The number of carbonyl (C=O) groups is 1. The molecule has 10 nitrogen and oxygen atoms in total. The number of ether oxygens (including phenoxy) is 2. The van der Waals surface area contributed by atoms with Gasteiger partial charge in [0.15, 0.2) is 5.65 Å². The summed E-state index contributed by atoms with van der Waals surface area (Å²) in [5.74, 6) is 1.57. The summed E-state index contributed by atoms with van der Waals surface area (Å²) in [4.78, 5) is 21.6. The number of amides is 1. The standard InChI is InChI=1S/C20H23N7O3/c1-21-17-9-16(25-15-3-2-7-22-20(15)30-13-6-8-29-11-13)26-18-14(10-23-27(17)18)19(28)24-12-4-5-12/h2-3,7,9-10,12-13,21H,4-6,8,11H2,1H3,(H,24,28)(H,25,26)/t13-/m1/s1. The van der Waals surface area contributed by atoms with Gasteiger partial charge in [0, 0.05) is 31.8 Å². The number of rotatable bonds is 7. The number of pyridine rings is 1. The quantitative estimate of drug-likeness (QED) is 0.543. The zero-order valence-corrected chi connectivity index (χ0v) is 16.6. The largest absolute Gasteiger partial charge is 0.470 e. The molecule has 2 fully saturated rings. The normalized spacial score (nSPS) is 18.4. The molecule has 5 rings (SSSR count). The number of nitrogens with one attached hydrogen (secondary N) is 3. The van der Waals surface area contributed by atoms with Crippen LogP contribution in [0, 0.1) is 0 Å². The van der Waals surface area contributed by atoms with Gasteiger partial charge in [-0.3, -0.25) is 4.79 Å². The summed E-state index contributed by atoms with van der Waals surface area (Å²) in [7, 11) is 1.79. The van der Waals surface area contributed by atoms with Crippen LogP contribution < -0.4 is 20.7 Å². The Bertz CT molecular complexity index is 1070. The van der Waals surface area contributed by atoms with Crippen LogP contribution in [0.25, 0.3) is 5.65 Å². The number of carbonyl (C=O) groups excluding carboxylic acids is 1. The Morgan fingerprint density at radius 2 is 2.23 bits per heavy atom. The van der Waals surface area contributed by atoms with Crippen molar-refractivity contribution < 1.29 is 14.3 Å². The minimum atomic E-state index is -0.161. The first-order valence-electron chi connectivity index (χ1n) is 10.0. The van der Waals surface area contributed by atoms with E-state index in [1.807, 2.05) is 18.2 Å². The lowest BCUT2D eigenvalue weighted by atomic mass is 10.3. The molecule has 2 aliphatic rings. The Kier molecular flexibility index (Phi) is 4.83. The summed E-state index contributed by atoms with van der Waals surface area (Å²) in [6.07, 6.45) is 6.08. The van der Waals surface area contributed by atoms with Crippen molar-refractivity contribution in [2.24, 2.45) is 0 Å². The number of aromatic nitrogens is 4. The molecule has 1 aliphatic heterocycles. The Labute approximate surface area is 173 Å². The Hall–Kier alpha value is -3.40. The second-order valence-electron chi connectivity index (χ2n) is 7.40. The third kappa shape index (κ3) is 3.73. The first-order valence-corrected chi connectivity index (χ1v) is 10.0. The van der Waals surface area contributed by atoms with E-state index in [1.54, 1.807) is 24.0 Å². The van der Waals surface area contributed by atoms with Crippen molar-refractivity contribution in [3.8, 4) is 5.88 Å². The van der Waals surface area contributed by atoms with Gasteiger partial charge in [0.2, 0.25) is 5.88 Å². The van der Waals surface area contributed by atoms with Gasteiger partial charge in [0.25, 0.3) is 5.91 Å². The number of hydrogen-bond donors (Lipinski definition) is 3. The number of hydrogen-bond acceptors (Lipinski definition) is 8. The van der Waals surface area contributed by atoms with Gasteiger partial charge in [-0.1, -0.05) is 0 Å². The molecule has 4 heterocycles. The molecule has 1 aliphatic carbocycles. The average molecular weight is 409 g/mol. The fourth-order valence-electron chi connectivity index (χ4n) is 3.34. The van der Waals surface area contributed by atoms with Crippen LogP contribution in [-0.4, -0.2) is 57.9 Å². The molecule has 10 heteroatoms. The molecule has 1 saturated heterocycles. The fourth-order valence-corrected chi connectivity index (χ4v) is 3.34. The second-order valence-corrected chi connectivity index (χ2v) is 7.40. The maximum absolute atomic E-state index is 12.6. The van der Waals surface area contributed by atoms with E-state index in [0.29, 0.717) is 47.6 Å². The first kappa shape index (κ1) is 18.6. The molecule has 1 amide bonds. The van der Waals surface area contributed by atoms with Gasteiger partial charge in [-0.25, -0.2) is 9.97 Å². The van der Waals surface area contributed by atoms with E-state index < -0.39 is 0 Å². The van der Waals surface area contributed by atoms with Crippen molar-refractivity contribution in [1.82, 2.24) is 24.9 Å². The molecule has 0 spiro atoms. The van der Waals surface area contributed by atoms with Crippen molar-refractivity contribution in [1.29, 1.82) is 0 Å². The first-order chi connectivity index (χ1) is 14.7. The lowest BCUT2D eigenvalue weighted by Gasteiger charge is -2.15. The van der Waals surface area contributed by atoms with E-state index in [-0.39, 0.29) is 18.1 Å². The maximum Gasteiger partial charge on any atom is 0.256 e. The van der Waals surface area contributed by atoms with Crippen molar-refractivity contribution in [3.63, 3.8) is 0 Å². The highest BCUT2D eigenvalue weighted by atomic mass is 16.5. The summed E-state index contributed by atoms with van der Waals surface area (Å²) < 4.78 is 13.0. The Morgan fingerprint density at radius 1 is 1.33 bits per heavy atom. The van der Waals surface area contributed by atoms with Gasteiger partial charge in [0.05, 0.1) is 19.4 Å². The van der Waals surface area contributed by atoms with E-state index in [1.165, 1.54) is 0 Å². The minimum Gasteiger partial charge on any atom is -0.470 e. The van der Waals surface area contributed by atoms with Gasteiger partial charge in [0.1, 0.15) is 29.0 Å². The van der Waals surface area contributed by atoms with Gasteiger partial charge >= 0.3 is 0 Å². The summed E-state index contributed by atoms with van der Waals surface area (Å²) >= 11 is 0. The van der Waals surface area contributed by atoms with Crippen LogP contribution in [0.4, 0.5) is 17.3 Å². The maximum atomic E-state index is 12.6.